The average Bonchev–Trinajstić information content (AvgIpc) is 2.18. The Labute approximate surface area is 89.0 Å². The summed E-state index contributed by atoms with van der Waals surface area (Å²) in [7, 11) is 0. The Morgan fingerprint density at radius 3 is 2.47 bits per heavy atom. The van der Waals surface area contributed by atoms with Gasteiger partial charge in [-0.25, -0.2) is 0 Å². The molecule has 4 nitrogen and oxygen atoms in total. The normalized spacial score (nSPS) is 9.67. The zero-order valence-corrected chi connectivity index (χ0v) is 8.71. The van der Waals surface area contributed by atoms with Crippen LogP contribution >= 0.6 is 0 Å². The van der Waals surface area contributed by atoms with Gasteiger partial charge in [-0.05, 0) is 30.7 Å². The molecule has 1 rings (SSSR count). The largest absolute Gasteiger partial charge is 0.384 e. The molecule has 0 atom stereocenters. The van der Waals surface area contributed by atoms with E-state index in [1.54, 1.807) is 24.3 Å². The van der Waals surface area contributed by atoms with Gasteiger partial charge in [-0.3, -0.25) is 10.2 Å². The van der Waals surface area contributed by atoms with E-state index in [9.17, 15) is 4.79 Å². The van der Waals surface area contributed by atoms with Crippen molar-refractivity contribution in [3.8, 4) is 0 Å². The van der Waals surface area contributed by atoms with Gasteiger partial charge in [0.15, 0.2) is 0 Å². The highest BCUT2D eigenvalue weighted by Gasteiger charge is 2.01. The predicted octanol–water partition coefficient (Wildman–Crippen LogP) is 1.71. The second kappa shape index (κ2) is 5.14. The SMILES string of the molecule is CCCC(=O)Nc1ccc(C(=N)N)cc1. The highest BCUT2D eigenvalue weighted by molar-refractivity contribution is 5.96. The minimum atomic E-state index is 0.00748. The van der Waals surface area contributed by atoms with E-state index in [1.807, 2.05) is 6.92 Å². The first kappa shape index (κ1) is 11.2. The first-order valence-electron chi connectivity index (χ1n) is 4.87. The van der Waals surface area contributed by atoms with Crippen molar-refractivity contribution in [1.82, 2.24) is 0 Å². The molecule has 80 valence electrons. The number of carbonyl (C=O) groups excluding carboxylic acids is 1. The van der Waals surface area contributed by atoms with Crippen molar-refractivity contribution in [2.75, 3.05) is 5.32 Å². The summed E-state index contributed by atoms with van der Waals surface area (Å²) in [6, 6.07) is 6.91. The fraction of sp³-hybridized carbons (Fsp3) is 0.273. The number of amidine groups is 1. The second-order valence-corrected chi connectivity index (χ2v) is 3.29. The van der Waals surface area contributed by atoms with E-state index in [2.05, 4.69) is 5.32 Å². The number of nitrogen functional groups attached to an aromatic ring is 1. The van der Waals surface area contributed by atoms with Gasteiger partial charge in [-0.15, -0.1) is 0 Å². The molecule has 0 fully saturated rings. The summed E-state index contributed by atoms with van der Waals surface area (Å²) < 4.78 is 0. The lowest BCUT2D eigenvalue weighted by atomic mass is 10.2. The molecule has 0 aromatic heterocycles. The number of hydrogen-bond donors (Lipinski definition) is 3. The van der Waals surface area contributed by atoms with Crippen molar-refractivity contribution in [2.24, 2.45) is 5.73 Å². The van der Waals surface area contributed by atoms with Crippen molar-refractivity contribution >= 4 is 17.4 Å². The number of anilines is 1. The van der Waals surface area contributed by atoms with Crippen LogP contribution in [0.3, 0.4) is 0 Å². The van der Waals surface area contributed by atoms with Crippen LogP contribution in [0.2, 0.25) is 0 Å². The maximum atomic E-state index is 11.3. The summed E-state index contributed by atoms with van der Waals surface area (Å²) in [6.07, 6.45) is 1.35. The molecule has 15 heavy (non-hydrogen) atoms. The van der Waals surface area contributed by atoms with Gasteiger partial charge in [-0.2, -0.15) is 0 Å². The van der Waals surface area contributed by atoms with Crippen LogP contribution in [-0.4, -0.2) is 11.7 Å². The Hall–Kier alpha value is -1.84. The molecule has 0 bridgehead atoms. The molecule has 4 heteroatoms. The molecular formula is C11H15N3O. The zero-order valence-electron chi connectivity index (χ0n) is 8.71. The summed E-state index contributed by atoms with van der Waals surface area (Å²) in [5.41, 5.74) is 6.70. The molecule has 0 spiro atoms. The van der Waals surface area contributed by atoms with Crippen molar-refractivity contribution in [1.29, 1.82) is 5.41 Å². The number of carbonyl (C=O) groups is 1. The van der Waals surface area contributed by atoms with Crippen LogP contribution in [0.15, 0.2) is 24.3 Å². The number of benzene rings is 1. The fourth-order valence-electron chi connectivity index (χ4n) is 1.18. The fourth-order valence-corrected chi connectivity index (χ4v) is 1.18. The van der Waals surface area contributed by atoms with E-state index in [-0.39, 0.29) is 11.7 Å². The number of nitrogens with two attached hydrogens (primary N) is 1. The summed E-state index contributed by atoms with van der Waals surface area (Å²) in [4.78, 5) is 11.3. The average molecular weight is 205 g/mol. The standard InChI is InChI=1S/C11H15N3O/c1-2-3-10(15)14-9-6-4-8(5-7-9)11(12)13/h4-7H,2-3H2,1H3,(H3,12,13)(H,14,15). The monoisotopic (exact) mass is 205 g/mol. The topological polar surface area (TPSA) is 79.0 Å². The molecule has 1 aromatic rings. The number of amides is 1. The Bertz CT molecular complexity index is 357. The highest BCUT2D eigenvalue weighted by atomic mass is 16.1. The lowest BCUT2D eigenvalue weighted by Crippen LogP contribution is -2.12. The third kappa shape index (κ3) is 3.42. The smallest absolute Gasteiger partial charge is 0.224 e. The summed E-state index contributed by atoms with van der Waals surface area (Å²) >= 11 is 0. The Kier molecular flexibility index (Phi) is 3.85. The van der Waals surface area contributed by atoms with Crippen molar-refractivity contribution < 1.29 is 4.79 Å². The van der Waals surface area contributed by atoms with E-state index in [1.165, 1.54) is 0 Å². The van der Waals surface area contributed by atoms with Gasteiger partial charge in [0.25, 0.3) is 0 Å². The van der Waals surface area contributed by atoms with Crippen LogP contribution in [0, 0.1) is 5.41 Å². The first-order valence-corrected chi connectivity index (χ1v) is 4.87. The minimum absolute atomic E-state index is 0.00748. The second-order valence-electron chi connectivity index (χ2n) is 3.29. The minimum Gasteiger partial charge on any atom is -0.384 e. The molecule has 0 heterocycles. The maximum absolute atomic E-state index is 11.3. The molecule has 4 N–H and O–H groups in total. The lowest BCUT2D eigenvalue weighted by molar-refractivity contribution is -0.116. The Morgan fingerprint density at radius 2 is 2.00 bits per heavy atom. The van der Waals surface area contributed by atoms with Crippen LogP contribution < -0.4 is 11.1 Å². The number of nitrogens with one attached hydrogen (secondary N) is 2. The third-order valence-corrected chi connectivity index (χ3v) is 1.96. The molecule has 0 aliphatic heterocycles. The highest BCUT2D eigenvalue weighted by Crippen LogP contribution is 2.09. The van der Waals surface area contributed by atoms with Crippen molar-refractivity contribution in [2.45, 2.75) is 19.8 Å². The molecular weight excluding hydrogens is 190 g/mol. The van der Waals surface area contributed by atoms with Crippen LogP contribution in [0.5, 0.6) is 0 Å². The molecule has 0 unspecified atom stereocenters. The van der Waals surface area contributed by atoms with Crippen LogP contribution in [0.1, 0.15) is 25.3 Å². The van der Waals surface area contributed by atoms with Crippen molar-refractivity contribution in [3.63, 3.8) is 0 Å². The molecule has 0 saturated carbocycles. The predicted molar refractivity (Wildman–Crippen MR) is 61.0 cm³/mol. The van der Waals surface area contributed by atoms with E-state index in [4.69, 9.17) is 11.1 Å². The van der Waals surface area contributed by atoms with Gasteiger partial charge in [-0.1, -0.05) is 6.92 Å². The van der Waals surface area contributed by atoms with E-state index < -0.39 is 0 Å². The summed E-state index contributed by atoms with van der Waals surface area (Å²) in [6.45, 7) is 1.96. The Morgan fingerprint density at radius 1 is 1.40 bits per heavy atom. The summed E-state index contributed by atoms with van der Waals surface area (Å²) in [5.74, 6) is 0.0366. The van der Waals surface area contributed by atoms with Gasteiger partial charge in [0, 0.05) is 17.7 Å². The van der Waals surface area contributed by atoms with E-state index in [0.717, 1.165) is 12.1 Å². The quantitative estimate of drug-likeness (QED) is 0.516. The van der Waals surface area contributed by atoms with Crippen LogP contribution in [-0.2, 0) is 4.79 Å². The maximum Gasteiger partial charge on any atom is 0.224 e. The van der Waals surface area contributed by atoms with E-state index in [0.29, 0.717) is 12.0 Å². The number of hydrogen-bond acceptors (Lipinski definition) is 2. The van der Waals surface area contributed by atoms with Crippen LogP contribution in [0.25, 0.3) is 0 Å². The van der Waals surface area contributed by atoms with Crippen molar-refractivity contribution in [3.05, 3.63) is 29.8 Å². The Balaban J connectivity index is 2.64. The van der Waals surface area contributed by atoms with Crippen LogP contribution in [0.4, 0.5) is 5.69 Å². The van der Waals surface area contributed by atoms with Gasteiger partial charge < -0.3 is 11.1 Å². The molecule has 0 saturated heterocycles. The molecule has 1 amide bonds. The molecule has 0 aliphatic carbocycles. The first-order chi connectivity index (χ1) is 7.13. The van der Waals surface area contributed by atoms with E-state index >= 15 is 0 Å². The zero-order chi connectivity index (χ0) is 11.3. The van der Waals surface area contributed by atoms with Gasteiger partial charge in [0.05, 0.1) is 0 Å². The van der Waals surface area contributed by atoms with Gasteiger partial charge in [0.2, 0.25) is 5.91 Å². The molecule has 1 aromatic carbocycles. The van der Waals surface area contributed by atoms with Gasteiger partial charge in [0.1, 0.15) is 5.84 Å². The molecule has 0 radical (unpaired) electrons. The third-order valence-electron chi connectivity index (χ3n) is 1.96. The summed E-state index contributed by atoms with van der Waals surface area (Å²) in [5, 5.41) is 9.96. The molecule has 0 aliphatic rings. The number of rotatable bonds is 4. The lowest BCUT2D eigenvalue weighted by Gasteiger charge is -2.04. The van der Waals surface area contributed by atoms with Gasteiger partial charge >= 0.3 is 0 Å².